The zero-order valence-electron chi connectivity index (χ0n) is 10.4. The van der Waals surface area contributed by atoms with E-state index in [2.05, 4.69) is 11.9 Å². The minimum atomic E-state index is -0.919. The van der Waals surface area contributed by atoms with E-state index >= 15 is 0 Å². The molecule has 0 spiro atoms. The summed E-state index contributed by atoms with van der Waals surface area (Å²) in [5.74, 6) is -0.919. The molecule has 3 N–H and O–H groups in total. The van der Waals surface area contributed by atoms with Gasteiger partial charge in [0.05, 0.1) is 0 Å². The van der Waals surface area contributed by atoms with E-state index in [0.29, 0.717) is 0 Å². The van der Waals surface area contributed by atoms with E-state index in [1.807, 2.05) is 19.1 Å². The fourth-order valence-electron chi connectivity index (χ4n) is 1.19. The summed E-state index contributed by atoms with van der Waals surface area (Å²) >= 11 is 0. The maximum Gasteiger partial charge on any atom is 0.322 e. The van der Waals surface area contributed by atoms with Crippen molar-refractivity contribution in [1.82, 2.24) is 5.32 Å². The van der Waals surface area contributed by atoms with Gasteiger partial charge in [-0.15, -0.1) is 0 Å². The third-order valence-electron chi connectivity index (χ3n) is 1.87. The lowest BCUT2D eigenvalue weighted by atomic mass is 10.0. The number of carboxylic acids is 1. The molecule has 4 heteroatoms. The third kappa shape index (κ3) is 7.00. The molecular weight excluding hydrogens is 228 g/mol. The number of hydrogen-bond donors (Lipinski definition) is 3. The Kier molecular flexibility index (Phi) is 8.55. The average molecular weight is 246 g/mol. The van der Waals surface area contributed by atoms with E-state index in [1.165, 1.54) is 6.21 Å². The van der Waals surface area contributed by atoms with Crippen molar-refractivity contribution in [2.24, 2.45) is 0 Å². The van der Waals surface area contributed by atoms with Crippen LogP contribution in [0.15, 0.2) is 60.4 Å². The van der Waals surface area contributed by atoms with Crippen molar-refractivity contribution in [1.29, 1.82) is 5.41 Å². The van der Waals surface area contributed by atoms with Crippen LogP contribution < -0.4 is 5.32 Å². The second-order valence-corrected chi connectivity index (χ2v) is 3.25. The number of rotatable bonds is 8. The molecule has 0 amide bonds. The molecule has 0 aromatic heterocycles. The Labute approximate surface area is 107 Å². The molecule has 0 unspecified atom stereocenters. The molecule has 0 heterocycles. The van der Waals surface area contributed by atoms with Gasteiger partial charge in [0.25, 0.3) is 0 Å². The molecule has 96 valence electrons. The van der Waals surface area contributed by atoms with Crippen LogP contribution in [0.5, 0.6) is 0 Å². The van der Waals surface area contributed by atoms with Crippen LogP contribution >= 0.6 is 0 Å². The monoisotopic (exact) mass is 246 g/mol. The zero-order valence-corrected chi connectivity index (χ0v) is 10.4. The normalized spacial score (nSPS) is 12.9. The first-order valence-electron chi connectivity index (χ1n) is 5.44. The van der Waals surface area contributed by atoms with Crippen molar-refractivity contribution in [3.05, 3.63) is 60.4 Å². The van der Waals surface area contributed by atoms with Crippen LogP contribution in [-0.2, 0) is 4.79 Å². The molecule has 0 rings (SSSR count). The van der Waals surface area contributed by atoms with Crippen LogP contribution in [0.4, 0.5) is 0 Å². The van der Waals surface area contributed by atoms with Gasteiger partial charge >= 0.3 is 5.97 Å². The fourth-order valence-corrected chi connectivity index (χ4v) is 1.19. The van der Waals surface area contributed by atoms with E-state index in [4.69, 9.17) is 10.5 Å². The smallest absolute Gasteiger partial charge is 0.322 e. The van der Waals surface area contributed by atoms with Crippen molar-refractivity contribution in [2.45, 2.75) is 6.92 Å². The minimum absolute atomic E-state index is 0.134. The first kappa shape index (κ1) is 15.6. The molecule has 0 saturated heterocycles. The highest BCUT2D eigenvalue weighted by Gasteiger charge is 1.97. The SMILES string of the molecule is C=C/C=C(\C=C/NCC(=O)O)C(/C=C\C)=C/C=N. The Hall–Kier alpha value is -2.36. The van der Waals surface area contributed by atoms with Gasteiger partial charge in [-0.05, 0) is 36.4 Å². The van der Waals surface area contributed by atoms with Gasteiger partial charge in [-0.1, -0.05) is 30.9 Å². The predicted octanol–water partition coefficient (Wildman–Crippen LogP) is 2.44. The van der Waals surface area contributed by atoms with Crippen molar-refractivity contribution < 1.29 is 9.90 Å². The molecule has 0 aliphatic rings. The number of aliphatic carboxylic acids is 1. The van der Waals surface area contributed by atoms with Gasteiger partial charge in [-0.25, -0.2) is 0 Å². The van der Waals surface area contributed by atoms with Gasteiger partial charge in [0.1, 0.15) is 6.54 Å². The third-order valence-corrected chi connectivity index (χ3v) is 1.87. The number of hydrogen-bond acceptors (Lipinski definition) is 3. The Morgan fingerprint density at radius 2 is 2.00 bits per heavy atom. The summed E-state index contributed by atoms with van der Waals surface area (Å²) in [7, 11) is 0. The summed E-state index contributed by atoms with van der Waals surface area (Å²) in [5.41, 5.74) is 1.69. The molecule has 0 saturated carbocycles. The second kappa shape index (κ2) is 9.84. The van der Waals surface area contributed by atoms with Gasteiger partial charge in [0, 0.05) is 6.21 Å². The molecule has 18 heavy (non-hydrogen) atoms. The Morgan fingerprint density at radius 3 is 2.50 bits per heavy atom. The van der Waals surface area contributed by atoms with Gasteiger partial charge in [0.2, 0.25) is 0 Å². The largest absolute Gasteiger partial charge is 0.480 e. The van der Waals surface area contributed by atoms with Crippen molar-refractivity contribution in [2.75, 3.05) is 6.54 Å². The highest BCUT2D eigenvalue weighted by atomic mass is 16.4. The topological polar surface area (TPSA) is 73.2 Å². The summed E-state index contributed by atoms with van der Waals surface area (Å²) in [6.07, 6.45) is 13.3. The van der Waals surface area contributed by atoms with Crippen LogP contribution in [0.1, 0.15) is 6.92 Å². The van der Waals surface area contributed by atoms with E-state index in [9.17, 15) is 4.79 Å². The van der Waals surface area contributed by atoms with E-state index in [1.54, 1.807) is 30.5 Å². The molecule has 0 aromatic carbocycles. The Balaban J connectivity index is 4.90. The van der Waals surface area contributed by atoms with Crippen LogP contribution in [0.25, 0.3) is 0 Å². The Bertz CT molecular complexity index is 416. The average Bonchev–Trinajstić information content (AvgIpc) is 2.32. The van der Waals surface area contributed by atoms with E-state index in [0.717, 1.165) is 11.1 Å². The van der Waals surface area contributed by atoms with Crippen molar-refractivity contribution >= 4 is 12.2 Å². The Morgan fingerprint density at radius 1 is 1.33 bits per heavy atom. The molecule has 0 radical (unpaired) electrons. The maximum absolute atomic E-state index is 10.3. The fraction of sp³-hybridized carbons (Fsp3) is 0.143. The van der Waals surface area contributed by atoms with Gasteiger partial charge < -0.3 is 15.8 Å². The number of carbonyl (C=O) groups is 1. The number of nitrogens with one attached hydrogen (secondary N) is 2. The first-order valence-corrected chi connectivity index (χ1v) is 5.44. The highest BCUT2D eigenvalue weighted by Crippen LogP contribution is 2.12. The molecule has 4 nitrogen and oxygen atoms in total. The van der Waals surface area contributed by atoms with Crippen LogP contribution in [0, 0.1) is 5.41 Å². The molecule has 0 fully saturated rings. The highest BCUT2D eigenvalue weighted by molar-refractivity contribution is 5.73. The van der Waals surface area contributed by atoms with Crippen LogP contribution in [-0.4, -0.2) is 23.8 Å². The molecule has 0 aliphatic heterocycles. The maximum atomic E-state index is 10.3. The lowest BCUT2D eigenvalue weighted by Crippen LogP contribution is -2.16. The molecule has 0 aromatic rings. The molecule has 0 aliphatic carbocycles. The summed E-state index contributed by atoms with van der Waals surface area (Å²) in [6.45, 7) is 5.38. The number of carboxylic acid groups (broad SMARTS) is 1. The molecule has 0 bridgehead atoms. The molecular formula is C14H18N2O2. The van der Waals surface area contributed by atoms with E-state index < -0.39 is 5.97 Å². The predicted molar refractivity (Wildman–Crippen MR) is 74.7 cm³/mol. The van der Waals surface area contributed by atoms with Gasteiger partial charge in [0.15, 0.2) is 0 Å². The standard InChI is InChI=1S/C14H18N2O2/c1-3-5-12(7-9-15)13(6-4-2)8-10-16-11-14(17)18/h3-10,15-16H,2,11H2,1H3,(H,17,18)/b5-3-,10-8-,12-7+,13-6+,15-9?. The van der Waals surface area contributed by atoms with E-state index in [-0.39, 0.29) is 6.54 Å². The summed E-state index contributed by atoms with van der Waals surface area (Å²) < 4.78 is 0. The second-order valence-electron chi connectivity index (χ2n) is 3.25. The minimum Gasteiger partial charge on any atom is -0.480 e. The molecule has 0 atom stereocenters. The summed E-state index contributed by atoms with van der Waals surface area (Å²) in [5, 5.41) is 18.2. The van der Waals surface area contributed by atoms with Crippen molar-refractivity contribution in [3.63, 3.8) is 0 Å². The van der Waals surface area contributed by atoms with Gasteiger partial charge in [-0.2, -0.15) is 0 Å². The quantitative estimate of drug-likeness (QED) is 0.455. The van der Waals surface area contributed by atoms with Crippen LogP contribution in [0.3, 0.4) is 0 Å². The lowest BCUT2D eigenvalue weighted by molar-refractivity contribution is -0.135. The van der Waals surface area contributed by atoms with Crippen molar-refractivity contribution in [3.8, 4) is 0 Å². The van der Waals surface area contributed by atoms with Gasteiger partial charge in [-0.3, -0.25) is 4.79 Å². The van der Waals surface area contributed by atoms with Crippen LogP contribution in [0.2, 0.25) is 0 Å². The first-order chi connectivity index (χ1) is 8.65. The lowest BCUT2D eigenvalue weighted by Gasteiger charge is -2.02. The number of allylic oxidation sites excluding steroid dienone is 8. The summed E-state index contributed by atoms with van der Waals surface area (Å²) in [4.78, 5) is 10.3. The zero-order chi connectivity index (χ0) is 13.8. The summed E-state index contributed by atoms with van der Waals surface area (Å²) in [6, 6.07) is 0.